The second kappa shape index (κ2) is 4.38. The van der Waals surface area contributed by atoms with Crippen molar-refractivity contribution in [2.45, 2.75) is 9.79 Å². The Kier molecular flexibility index (Phi) is 2.92. The van der Waals surface area contributed by atoms with E-state index in [0.29, 0.717) is 10.6 Å². The van der Waals surface area contributed by atoms with E-state index in [1.807, 2.05) is 0 Å². The number of aromatic hydroxyl groups is 1. The summed E-state index contributed by atoms with van der Waals surface area (Å²) in [5, 5.41) is 9.55. The number of hydrogen-bond donors (Lipinski definition) is 4. The number of nitrogen functional groups attached to an aromatic ring is 2. The molecule has 2 rings (SSSR count). The Morgan fingerprint density at radius 3 is 2.65 bits per heavy atom. The van der Waals surface area contributed by atoms with Crippen LogP contribution in [0.15, 0.2) is 38.9 Å². The molecule has 0 saturated heterocycles. The van der Waals surface area contributed by atoms with Crippen molar-refractivity contribution >= 4 is 23.4 Å². The molecule has 6 nitrogen and oxygen atoms in total. The van der Waals surface area contributed by atoms with Crippen molar-refractivity contribution in [3.8, 4) is 5.88 Å². The van der Waals surface area contributed by atoms with E-state index < -0.39 is 11.4 Å². The maximum Gasteiger partial charge on any atom is 0.270 e. The van der Waals surface area contributed by atoms with Crippen molar-refractivity contribution < 1.29 is 5.11 Å². The summed E-state index contributed by atoms with van der Waals surface area (Å²) in [5.74, 6) is -0.530. The Bertz CT molecular complexity index is 611. The van der Waals surface area contributed by atoms with Gasteiger partial charge in [0.05, 0.1) is 0 Å². The molecular weight excluding hydrogens is 240 g/mol. The van der Waals surface area contributed by atoms with E-state index >= 15 is 0 Å². The monoisotopic (exact) mass is 250 g/mol. The molecule has 1 aromatic carbocycles. The van der Waals surface area contributed by atoms with Crippen LogP contribution in [0.2, 0.25) is 0 Å². The van der Waals surface area contributed by atoms with Crippen LogP contribution in [-0.2, 0) is 0 Å². The van der Waals surface area contributed by atoms with Crippen LogP contribution in [0.3, 0.4) is 0 Å². The third kappa shape index (κ3) is 2.34. The highest BCUT2D eigenvalue weighted by molar-refractivity contribution is 7.99. The molecule has 6 N–H and O–H groups in total. The van der Waals surface area contributed by atoms with Crippen molar-refractivity contribution in [1.82, 2.24) is 9.97 Å². The Labute approximate surface area is 101 Å². The van der Waals surface area contributed by atoms with E-state index in [1.165, 1.54) is 0 Å². The minimum absolute atomic E-state index is 0.0668. The zero-order chi connectivity index (χ0) is 12.4. The second-order valence-electron chi connectivity index (χ2n) is 3.24. The summed E-state index contributed by atoms with van der Waals surface area (Å²) in [4.78, 5) is 18.2. The first-order chi connectivity index (χ1) is 8.08. The normalized spacial score (nSPS) is 10.4. The summed E-state index contributed by atoms with van der Waals surface area (Å²) in [6, 6.07) is 7.02. The van der Waals surface area contributed by atoms with Gasteiger partial charge in [0.2, 0.25) is 11.8 Å². The molecule has 7 heteroatoms. The topological polar surface area (TPSA) is 118 Å². The van der Waals surface area contributed by atoms with Crippen LogP contribution in [0.1, 0.15) is 0 Å². The van der Waals surface area contributed by atoms with E-state index in [4.69, 9.17) is 11.5 Å². The third-order valence-corrected chi connectivity index (χ3v) is 3.17. The minimum Gasteiger partial charge on any atom is -0.492 e. The molecule has 0 aliphatic rings. The van der Waals surface area contributed by atoms with Crippen molar-refractivity contribution in [2.24, 2.45) is 0 Å². The molecule has 1 aromatic heterocycles. The van der Waals surface area contributed by atoms with E-state index in [2.05, 4.69) is 9.97 Å². The fraction of sp³-hybridized carbons (Fsp3) is 0. The lowest BCUT2D eigenvalue weighted by Gasteiger charge is -2.05. The molecule has 0 unspecified atom stereocenters. The van der Waals surface area contributed by atoms with Gasteiger partial charge >= 0.3 is 0 Å². The van der Waals surface area contributed by atoms with Crippen LogP contribution in [0, 0.1) is 0 Å². The standard InChI is InChI=1S/C10H10N4O2S/c11-5-3-1-2-4-6(5)17-7-8(15)13-10(12)14-9(7)16/h1-4H,11H2,(H4,12,13,14,15,16). The summed E-state index contributed by atoms with van der Waals surface area (Å²) in [6.07, 6.45) is 0. The van der Waals surface area contributed by atoms with Gasteiger partial charge in [0.1, 0.15) is 4.90 Å². The Morgan fingerprint density at radius 1 is 1.29 bits per heavy atom. The molecule has 88 valence electrons. The van der Waals surface area contributed by atoms with Crippen molar-refractivity contribution in [1.29, 1.82) is 0 Å². The first-order valence-corrected chi connectivity index (χ1v) is 5.50. The van der Waals surface area contributed by atoms with Crippen LogP contribution >= 0.6 is 11.8 Å². The van der Waals surface area contributed by atoms with Crippen molar-refractivity contribution in [3.63, 3.8) is 0 Å². The number of hydrogen-bond acceptors (Lipinski definition) is 6. The van der Waals surface area contributed by atoms with Crippen LogP contribution < -0.4 is 17.0 Å². The first kappa shape index (κ1) is 11.3. The van der Waals surface area contributed by atoms with Gasteiger partial charge in [-0.3, -0.25) is 9.78 Å². The van der Waals surface area contributed by atoms with E-state index in [-0.39, 0.29) is 10.8 Å². The maximum absolute atomic E-state index is 11.6. The van der Waals surface area contributed by atoms with Gasteiger partial charge in [-0.25, -0.2) is 0 Å². The molecule has 0 aliphatic carbocycles. The fourth-order valence-corrected chi connectivity index (χ4v) is 2.08. The predicted octanol–water partition coefficient (Wildman–Crippen LogP) is 0.791. The summed E-state index contributed by atoms with van der Waals surface area (Å²) >= 11 is 1.04. The molecule has 0 amide bonds. The van der Waals surface area contributed by atoms with Gasteiger partial charge in [0.15, 0.2) is 0 Å². The average Bonchev–Trinajstić information content (AvgIpc) is 2.25. The summed E-state index contributed by atoms with van der Waals surface area (Å²) in [5.41, 5.74) is 11.1. The van der Waals surface area contributed by atoms with Gasteiger partial charge in [-0.2, -0.15) is 4.98 Å². The quantitative estimate of drug-likeness (QED) is 0.585. The largest absolute Gasteiger partial charge is 0.492 e. The Morgan fingerprint density at radius 2 is 2.00 bits per heavy atom. The molecule has 0 atom stereocenters. The molecule has 17 heavy (non-hydrogen) atoms. The predicted molar refractivity (Wildman–Crippen MR) is 65.9 cm³/mol. The lowest BCUT2D eigenvalue weighted by Crippen LogP contribution is -2.12. The van der Waals surface area contributed by atoms with Crippen LogP contribution in [0.25, 0.3) is 0 Å². The molecule has 0 fully saturated rings. The number of nitrogens with two attached hydrogens (primary N) is 2. The third-order valence-electron chi connectivity index (χ3n) is 2.01. The smallest absolute Gasteiger partial charge is 0.270 e. The van der Waals surface area contributed by atoms with Crippen LogP contribution in [0.5, 0.6) is 5.88 Å². The summed E-state index contributed by atoms with van der Waals surface area (Å²) in [7, 11) is 0. The molecule has 1 heterocycles. The van der Waals surface area contributed by atoms with Gasteiger partial charge in [-0.1, -0.05) is 23.9 Å². The molecule has 0 aliphatic heterocycles. The number of aromatic amines is 1. The van der Waals surface area contributed by atoms with Gasteiger partial charge in [0, 0.05) is 10.6 Å². The Balaban J connectivity index is 2.44. The number of para-hydroxylation sites is 1. The zero-order valence-electron chi connectivity index (χ0n) is 8.68. The number of nitrogens with zero attached hydrogens (tertiary/aromatic N) is 1. The highest BCUT2D eigenvalue weighted by atomic mass is 32.2. The Hall–Kier alpha value is -2.15. The number of nitrogens with one attached hydrogen (secondary N) is 1. The highest BCUT2D eigenvalue weighted by Crippen LogP contribution is 2.33. The highest BCUT2D eigenvalue weighted by Gasteiger charge is 2.12. The van der Waals surface area contributed by atoms with Gasteiger partial charge < -0.3 is 16.6 Å². The van der Waals surface area contributed by atoms with E-state index in [1.54, 1.807) is 24.3 Å². The van der Waals surface area contributed by atoms with Crippen LogP contribution in [0.4, 0.5) is 11.6 Å². The number of anilines is 2. The second-order valence-corrected chi connectivity index (χ2v) is 4.30. The molecule has 0 radical (unpaired) electrons. The number of rotatable bonds is 2. The van der Waals surface area contributed by atoms with Gasteiger partial charge in [-0.15, -0.1) is 0 Å². The summed E-state index contributed by atoms with van der Waals surface area (Å²) in [6.45, 7) is 0. The number of benzene rings is 1. The molecular formula is C10H10N4O2S. The molecule has 0 spiro atoms. The maximum atomic E-state index is 11.6. The summed E-state index contributed by atoms with van der Waals surface area (Å²) < 4.78 is 0. The number of aromatic nitrogens is 2. The first-order valence-electron chi connectivity index (χ1n) is 4.69. The number of H-pyrrole nitrogens is 1. The van der Waals surface area contributed by atoms with Gasteiger partial charge in [-0.05, 0) is 12.1 Å². The minimum atomic E-state index is -0.497. The van der Waals surface area contributed by atoms with E-state index in [0.717, 1.165) is 11.8 Å². The lowest BCUT2D eigenvalue weighted by molar-refractivity contribution is 0.437. The SMILES string of the molecule is Nc1nc(O)c(Sc2ccccc2N)c(=O)[nH]1. The lowest BCUT2D eigenvalue weighted by atomic mass is 10.3. The van der Waals surface area contributed by atoms with Crippen molar-refractivity contribution in [2.75, 3.05) is 11.5 Å². The van der Waals surface area contributed by atoms with Crippen molar-refractivity contribution in [3.05, 3.63) is 34.6 Å². The molecule has 2 aromatic rings. The van der Waals surface area contributed by atoms with Gasteiger partial charge in [0.25, 0.3) is 5.56 Å². The zero-order valence-corrected chi connectivity index (χ0v) is 9.49. The fourth-order valence-electron chi connectivity index (χ4n) is 1.24. The average molecular weight is 250 g/mol. The molecule has 0 bridgehead atoms. The van der Waals surface area contributed by atoms with Crippen LogP contribution in [-0.4, -0.2) is 15.1 Å². The van der Waals surface area contributed by atoms with E-state index in [9.17, 15) is 9.90 Å². The molecule has 0 saturated carbocycles.